The summed E-state index contributed by atoms with van der Waals surface area (Å²) in [5.74, 6) is -1.95. The molecule has 1 saturated heterocycles. The predicted molar refractivity (Wildman–Crippen MR) is 47.4 cm³/mol. The molecule has 1 aliphatic heterocycles. The number of amides is 1. The van der Waals surface area contributed by atoms with Crippen molar-refractivity contribution in [2.24, 2.45) is 0 Å². The number of carboxylic acid groups (broad SMARTS) is 1. The van der Waals surface area contributed by atoms with Gasteiger partial charge in [0.1, 0.15) is 0 Å². The van der Waals surface area contributed by atoms with Gasteiger partial charge in [-0.1, -0.05) is 0 Å². The van der Waals surface area contributed by atoms with Crippen LogP contribution in [0.4, 0.5) is 0 Å². The van der Waals surface area contributed by atoms with Crippen molar-refractivity contribution in [1.82, 2.24) is 5.32 Å². The first-order chi connectivity index (χ1) is 6.39. The van der Waals surface area contributed by atoms with E-state index in [0.717, 1.165) is 6.08 Å². The summed E-state index contributed by atoms with van der Waals surface area (Å²) >= 11 is 0. The van der Waals surface area contributed by atoms with Crippen molar-refractivity contribution in [2.75, 3.05) is 11.5 Å². The molecule has 1 heterocycles. The quantitative estimate of drug-likeness (QED) is 0.565. The fourth-order valence-corrected chi connectivity index (χ4v) is 2.34. The second kappa shape index (κ2) is 3.79. The van der Waals surface area contributed by atoms with Gasteiger partial charge in [-0.3, -0.25) is 4.79 Å². The van der Waals surface area contributed by atoms with Crippen LogP contribution in [0.1, 0.15) is 0 Å². The van der Waals surface area contributed by atoms with Crippen molar-refractivity contribution in [3.63, 3.8) is 0 Å². The number of nitrogens with one attached hydrogen (secondary N) is 1. The maximum absolute atomic E-state index is 10.9. The molecule has 0 bridgehead atoms. The average Bonchev–Trinajstić information content (AvgIpc) is 1.97. The largest absolute Gasteiger partial charge is 0.478 e. The normalized spacial score (nSPS) is 20.3. The Morgan fingerprint density at radius 3 is 2.29 bits per heavy atom. The Balaban J connectivity index is 2.33. The van der Waals surface area contributed by atoms with Crippen LogP contribution in [0.5, 0.6) is 0 Å². The van der Waals surface area contributed by atoms with Crippen molar-refractivity contribution in [2.45, 2.75) is 6.04 Å². The van der Waals surface area contributed by atoms with E-state index in [-0.39, 0.29) is 17.5 Å². The number of carbonyl (C=O) groups is 2. The van der Waals surface area contributed by atoms with Gasteiger partial charge in [-0.2, -0.15) is 0 Å². The molecule has 6 nitrogen and oxygen atoms in total. The molecular formula is C7H9NO5S. The third-order valence-corrected chi connectivity index (χ3v) is 3.45. The van der Waals surface area contributed by atoms with Gasteiger partial charge in [0.2, 0.25) is 5.91 Å². The number of rotatable bonds is 3. The van der Waals surface area contributed by atoms with Gasteiger partial charge in [-0.25, -0.2) is 13.2 Å². The molecule has 7 heteroatoms. The number of hydrogen-bond acceptors (Lipinski definition) is 4. The zero-order valence-corrected chi connectivity index (χ0v) is 7.95. The van der Waals surface area contributed by atoms with Crippen LogP contribution in [0, 0.1) is 0 Å². The Bertz CT molecular complexity index is 371. The van der Waals surface area contributed by atoms with Crippen molar-refractivity contribution in [1.29, 1.82) is 0 Å². The van der Waals surface area contributed by atoms with Gasteiger partial charge in [-0.15, -0.1) is 0 Å². The maximum atomic E-state index is 10.9. The Labute approximate surface area is 80.5 Å². The van der Waals surface area contributed by atoms with Gasteiger partial charge < -0.3 is 10.4 Å². The Morgan fingerprint density at radius 1 is 1.29 bits per heavy atom. The molecule has 1 aliphatic rings. The number of sulfone groups is 1. The number of aliphatic carboxylic acids is 1. The highest BCUT2D eigenvalue weighted by Gasteiger charge is 2.33. The molecule has 14 heavy (non-hydrogen) atoms. The molecule has 1 fully saturated rings. The maximum Gasteiger partial charge on any atom is 0.328 e. The van der Waals surface area contributed by atoms with E-state index >= 15 is 0 Å². The lowest BCUT2D eigenvalue weighted by molar-refractivity contribution is -0.131. The van der Waals surface area contributed by atoms with Gasteiger partial charge in [0.05, 0.1) is 17.5 Å². The molecule has 0 radical (unpaired) electrons. The Hall–Kier alpha value is -1.37. The molecule has 0 aromatic heterocycles. The number of carboxylic acids is 1. The van der Waals surface area contributed by atoms with Crippen LogP contribution in [0.3, 0.4) is 0 Å². The van der Waals surface area contributed by atoms with E-state index in [2.05, 4.69) is 5.32 Å². The van der Waals surface area contributed by atoms with Crippen LogP contribution >= 0.6 is 0 Å². The minimum Gasteiger partial charge on any atom is -0.478 e. The highest BCUT2D eigenvalue weighted by atomic mass is 32.2. The van der Waals surface area contributed by atoms with Crippen molar-refractivity contribution >= 4 is 21.7 Å². The fraction of sp³-hybridized carbons (Fsp3) is 0.429. The van der Waals surface area contributed by atoms with Crippen molar-refractivity contribution in [3.05, 3.63) is 12.2 Å². The SMILES string of the molecule is O=C(O)/C=C/C(=O)NC1CS(=O)(=O)C1. The summed E-state index contributed by atoms with van der Waals surface area (Å²) < 4.78 is 21.4. The van der Waals surface area contributed by atoms with Gasteiger partial charge in [0.25, 0.3) is 0 Å². The fourth-order valence-electron chi connectivity index (χ4n) is 1.04. The van der Waals surface area contributed by atoms with Crippen LogP contribution in [0.2, 0.25) is 0 Å². The first-order valence-corrected chi connectivity index (χ1v) is 5.63. The van der Waals surface area contributed by atoms with Crippen LogP contribution in [-0.4, -0.2) is 42.9 Å². The topological polar surface area (TPSA) is 101 Å². The van der Waals surface area contributed by atoms with Crippen molar-refractivity contribution < 1.29 is 23.1 Å². The van der Waals surface area contributed by atoms with Gasteiger partial charge in [-0.05, 0) is 0 Å². The van der Waals surface area contributed by atoms with Crippen LogP contribution in [0.15, 0.2) is 12.2 Å². The molecule has 0 aromatic rings. The zero-order valence-electron chi connectivity index (χ0n) is 7.13. The molecule has 1 amide bonds. The van der Waals surface area contributed by atoms with Gasteiger partial charge in [0.15, 0.2) is 9.84 Å². The first kappa shape index (κ1) is 10.7. The smallest absolute Gasteiger partial charge is 0.328 e. The van der Waals surface area contributed by atoms with Crippen molar-refractivity contribution in [3.8, 4) is 0 Å². The summed E-state index contributed by atoms with van der Waals surface area (Å²) in [6.45, 7) is 0. The molecule has 0 saturated carbocycles. The molecule has 1 rings (SSSR count). The minimum absolute atomic E-state index is 0.0698. The lowest BCUT2D eigenvalue weighted by Crippen LogP contribution is -2.52. The Morgan fingerprint density at radius 2 is 1.86 bits per heavy atom. The zero-order chi connectivity index (χ0) is 10.8. The number of carbonyl (C=O) groups excluding carboxylic acids is 1. The standard InChI is InChI=1S/C7H9NO5S/c9-6(1-2-7(10)11)8-5-3-14(12,13)4-5/h1-2,5H,3-4H2,(H,8,9)(H,10,11)/b2-1+. The van der Waals surface area contributed by atoms with E-state index in [9.17, 15) is 18.0 Å². The molecule has 0 spiro atoms. The van der Waals surface area contributed by atoms with Crippen LogP contribution in [-0.2, 0) is 19.4 Å². The van der Waals surface area contributed by atoms with E-state index in [4.69, 9.17) is 5.11 Å². The summed E-state index contributed by atoms with van der Waals surface area (Å²) in [6, 6.07) is -0.383. The monoisotopic (exact) mass is 219 g/mol. The van der Waals surface area contributed by atoms with E-state index in [0.29, 0.717) is 6.08 Å². The lowest BCUT2D eigenvalue weighted by atomic mass is 10.3. The molecule has 0 atom stereocenters. The second-order valence-corrected chi connectivity index (χ2v) is 5.11. The van der Waals surface area contributed by atoms with Gasteiger partial charge >= 0.3 is 5.97 Å². The van der Waals surface area contributed by atoms with Crippen LogP contribution < -0.4 is 5.32 Å². The first-order valence-electron chi connectivity index (χ1n) is 3.81. The van der Waals surface area contributed by atoms with Gasteiger partial charge in [0, 0.05) is 12.2 Å². The molecule has 2 N–H and O–H groups in total. The average molecular weight is 219 g/mol. The molecular weight excluding hydrogens is 210 g/mol. The summed E-state index contributed by atoms with van der Waals surface area (Å²) in [6.07, 6.45) is 1.55. The summed E-state index contributed by atoms with van der Waals surface area (Å²) in [4.78, 5) is 20.9. The molecule has 0 aliphatic carbocycles. The highest BCUT2D eigenvalue weighted by Crippen LogP contribution is 2.09. The summed E-state index contributed by atoms with van der Waals surface area (Å²) in [7, 11) is -2.96. The van der Waals surface area contributed by atoms with E-state index < -0.39 is 21.7 Å². The van der Waals surface area contributed by atoms with E-state index in [1.165, 1.54) is 0 Å². The third-order valence-electron chi connectivity index (χ3n) is 1.63. The third kappa shape index (κ3) is 3.17. The summed E-state index contributed by atoms with van der Waals surface area (Å²) in [5, 5.41) is 10.5. The molecule has 0 aromatic carbocycles. The molecule has 78 valence electrons. The molecule has 0 unspecified atom stereocenters. The lowest BCUT2D eigenvalue weighted by Gasteiger charge is -2.25. The number of hydrogen-bond donors (Lipinski definition) is 2. The Kier molecular flexibility index (Phi) is 2.90. The van der Waals surface area contributed by atoms with E-state index in [1.807, 2.05) is 0 Å². The minimum atomic E-state index is -2.96. The van der Waals surface area contributed by atoms with Crippen LogP contribution in [0.25, 0.3) is 0 Å². The highest BCUT2D eigenvalue weighted by molar-refractivity contribution is 7.92. The second-order valence-electron chi connectivity index (χ2n) is 2.95. The summed E-state index contributed by atoms with van der Waals surface area (Å²) in [5.41, 5.74) is 0. The van der Waals surface area contributed by atoms with E-state index in [1.54, 1.807) is 0 Å². The predicted octanol–water partition coefficient (Wildman–Crippen LogP) is -1.46.